The van der Waals surface area contributed by atoms with Crippen molar-refractivity contribution in [1.82, 2.24) is 5.32 Å². The molecule has 0 amide bonds. The number of aliphatic hydroxyl groups is 1. The smallest absolute Gasteiger partial charge is 0.127 e. The van der Waals surface area contributed by atoms with Gasteiger partial charge < -0.3 is 10.4 Å². The lowest BCUT2D eigenvalue weighted by molar-refractivity contribution is 0.203. The van der Waals surface area contributed by atoms with Gasteiger partial charge in [-0.15, -0.1) is 0 Å². The van der Waals surface area contributed by atoms with Gasteiger partial charge in [0.1, 0.15) is 5.82 Å². The molecule has 1 aliphatic carbocycles. The third kappa shape index (κ3) is 2.85. The monoisotopic (exact) mass is 237 g/mol. The van der Waals surface area contributed by atoms with Gasteiger partial charge in [0.05, 0.1) is 0 Å². The summed E-state index contributed by atoms with van der Waals surface area (Å²) in [7, 11) is 0. The zero-order chi connectivity index (χ0) is 12.3. The van der Waals surface area contributed by atoms with Gasteiger partial charge >= 0.3 is 0 Å². The van der Waals surface area contributed by atoms with Crippen LogP contribution in [0, 0.1) is 11.2 Å². The van der Waals surface area contributed by atoms with Gasteiger partial charge in [0, 0.05) is 30.2 Å². The van der Waals surface area contributed by atoms with Crippen LogP contribution in [0.1, 0.15) is 37.8 Å². The van der Waals surface area contributed by atoms with Crippen molar-refractivity contribution < 1.29 is 9.50 Å². The third-order valence-electron chi connectivity index (χ3n) is 3.70. The van der Waals surface area contributed by atoms with Gasteiger partial charge in [-0.3, -0.25) is 0 Å². The van der Waals surface area contributed by atoms with E-state index in [1.165, 1.54) is 6.07 Å². The quantitative estimate of drug-likeness (QED) is 0.797. The summed E-state index contributed by atoms with van der Waals surface area (Å²) < 4.78 is 13.7. The molecule has 1 fully saturated rings. The molecule has 1 aromatic rings. The average Bonchev–Trinajstić information content (AvgIpc) is 3.13. The van der Waals surface area contributed by atoms with Crippen LogP contribution in [0.2, 0.25) is 0 Å². The van der Waals surface area contributed by atoms with Crippen LogP contribution < -0.4 is 5.32 Å². The van der Waals surface area contributed by atoms with Gasteiger partial charge in [-0.25, -0.2) is 4.39 Å². The second-order valence-electron chi connectivity index (χ2n) is 5.02. The van der Waals surface area contributed by atoms with Gasteiger partial charge in [0.25, 0.3) is 0 Å². The first-order chi connectivity index (χ1) is 8.21. The molecule has 0 aromatic heterocycles. The first kappa shape index (κ1) is 12.5. The van der Waals surface area contributed by atoms with Gasteiger partial charge in [-0.2, -0.15) is 0 Å². The van der Waals surface area contributed by atoms with Crippen LogP contribution in [-0.4, -0.2) is 18.3 Å². The molecule has 0 aliphatic heterocycles. The van der Waals surface area contributed by atoms with Crippen molar-refractivity contribution >= 4 is 0 Å². The summed E-state index contributed by atoms with van der Waals surface area (Å²) in [4.78, 5) is 0. The van der Waals surface area contributed by atoms with E-state index in [-0.39, 0.29) is 23.9 Å². The number of rotatable bonds is 6. The maximum atomic E-state index is 13.7. The topological polar surface area (TPSA) is 32.3 Å². The van der Waals surface area contributed by atoms with E-state index in [0.29, 0.717) is 0 Å². The van der Waals surface area contributed by atoms with Crippen LogP contribution in [0.4, 0.5) is 4.39 Å². The highest BCUT2D eigenvalue weighted by molar-refractivity contribution is 5.21. The Labute approximate surface area is 102 Å². The molecule has 1 unspecified atom stereocenters. The molecule has 0 spiro atoms. The Morgan fingerprint density at radius 2 is 2.12 bits per heavy atom. The zero-order valence-electron chi connectivity index (χ0n) is 10.2. The molecular weight excluding hydrogens is 217 g/mol. The van der Waals surface area contributed by atoms with Gasteiger partial charge in [-0.05, 0) is 25.3 Å². The van der Waals surface area contributed by atoms with Crippen molar-refractivity contribution in [1.29, 1.82) is 0 Å². The fourth-order valence-corrected chi connectivity index (χ4v) is 2.14. The fourth-order valence-electron chi connectivity index (χ4n) is 2.14. The molecule has 0 saturated heterocycles. The largest absolute Gasteiger partial charge is 0.396 e. The number of halogens is 1. The number of hydrogen-bond donors (Lipinski definition) is 2. The van der Waals surface area contributed by atoms with Gasteiger partial charge in [-0.1, -0.05) is 25.1 Å². The molecular formula is C14H20FNO. The van der Waals surface area contributed by atoms with E-state index in [1.807, 2.05) is 19.1 Å². The molecule has 2 rings (SSSR count). The molecule has 2 N–H and O–H groups in total. The number of hydrogen-bond acceptors (Lipinski definition) is 2. The Kier molecular flexibility index (Phi) is 3.79. The van der Waals surface area contributed by atoms with Crippen molar-refractivity contribution in [3.8, 4) is 0 Å². The van der Waals surface area contributed by atoms with Gasteiger partial charge in [0.15, 0.2) is 0 Å². The Balaban J connectivity index is 1.99. The highest BCUT2D eigenvalue weighted by atomic mass is 19.1. The maximum absolute atomic E-state index is 13.7. The maximum Gasteiger partial charge on any atom is 0.127 e. The molecule has 17 heavy (non-hydrogen) atoms. The zero-order valence-corrected chi connectivity index (χ0v) is 10.2. The van der Waals surface area contributed by atoms with Crippen molar-refractivity contribution in [3.05, 3.63) is 35.6 Å². The van der Waals surface area contributed by atoms with Crippen LogP contribution >= 0.6 is 0 Å². The summed E-state index contributed by atoms with van der Waals surface area (Å²) in [5.41, 5.74) is 0.794. The third-order valence-corrected chi connectivity index (χ3v) is 3.70. The normalized spacial score (nSPS) is 19.0. The molecule has 1 aromatic carbocycles. The van der Waals surface area contributed by atoms with E-state index >= 15 is 0 Å². The summed E-state index contributed by atoms with van der Waals surface area (Å²) in [5, 5.41) is 12.6. The SMILES string of the molecule is CCC(NCC1(CO)CC1)c1ccccc1F. The number of nitrogens with one attached hydrogen (secondary N) is 1. The summed E-state index contributed by atoms with van der Waals surface area (Å²) >= 11 is 0. The molecule has 3 heteroatoms. The highest BCUT2D eigenvalue weighted by Gasteiger charge is 2.41. The summed E-state index contributed by atoms with van der Waals surface area (Å²) in [6.45, 7) is 3.05. The molecule has 2 nitrogen and oxygen atoms in total. The fraction of sp³-hybridized carbons (Fsp3) is 0.571. The van der Waals surface area contributed by atoms with Crippen LogP contribution in [0.25, 0.3) is 0 Å². The summed E-state index contributed by atoms with van der Waals surface area (Å²) in [6, 6.07) is 6.94. The molecule has 0 bridgehead atoms. The lowest BCUT2D eigenvalue weighted by Crippen LogP contribution is -2.30. The van der Waals surface area contributed by atoms with E-state index in [9.17, 15) is 9.50 Å². The molecule has 94 valence electrons. The number of benzene rings is 1. The summed E-state index contributed by atoms with van der Waals surface area (Å²) in [6.07, 6.45) is 3.00. The predicted octanol–water partition coefficient (Wildman–Crippen LogP) is 2.64. The van der Waals surface area contributed by atoms with E-state index in [2.05, 4.69) is 5.32 Å². The first-order valence-corrected chi connectivity index (χ1v) is 6.29. The average molecular weight is 237 g/mol. The van der Waals surface area contributed by atoms with E-state index < -0.39 is 0 Å². The Morgan fingerprint density at radius 1 is 1.41 bits per heavy atom. The minimum Gasteiger partial charge on any atom is -0.396 e. The van der Waals surface area contributed by atoms with Gasteiger partial charge in [0.2, 0.25) is 0 Å². The van der Waals surface area contributed by atoms with Crippen molar-refractivity contribution in [2.24, 2.45) is 5.41 Å². The Hall–Kier alpha value is -0.930. The van der Waals surface area contributed by atoms with E-state index in [4.69, 9.17) is 0 Å². The lowest BCUT2D eigenvalue weighted by Gasteiger charge is -2.21. The molecule has 1 saturated carbocycles. The van der Waals surface area contributed by atoms with Crippen molar-refractivity contribution in [2.75, 3.05) is 13.2 Å². The molecule has 1 aliphatic rings. The minimum atomic E-state index is -0.152. The number of aliphatic hydroxyl groups excluding tert-OH is 1. The second-order valence-corrected chi connectivity index (χ2v) is 5.02. The highest BCUT2D eigenvalue weighted by Crippen LogP contribution is 2.44. The second kappa shape index (κ2) is 5.15. The van der Waals surface area contributed by atoms with Crippen molar-refractivity contribution in [3.63, 3.8) is 0 Å². The molecule has 1 atom stereocenters. The predicted molar refractivity (Wildman–Crippen MR) is 66.2 cm³/mol. The Morgan fingerprint density at radius 3 is 2.65 bits per heavy atom. The lowest BCUT2D eigenvalue weighted by atomic mass is 10.0. The van der Waals surface area contributed by atoms with Crippen LogP contribution in [0.15, 0.2) is 24.3 Å². The van der Waals surface area contributed by atoms with E-state index in [0.717, 1.165) is 31.4 Å². The van der Waals surface area contributed by atoms with Crippen LogP contribution in [0.5, 0.6) is 0 Å². The van der Waals surface area contributed by atoms with Crippen LogP contribution in [0.3, 0.4) is 0 Å². The van der Waals surface area contributed by atoms with Crippen molar-refractivity contribution in [2.45, 2.75) is 32.2 Å². The molecule has 0 radical (unpaired) electrons. The standard InChI is InChI=1S/C14H20FNO/c1-2-13(11-5-3-4-6-12(11)15)16-9-14(10-17)7-8-14/h3-6,13,16-17H,2,7-10H2,1H3. The molecule has 0 heterocycles. The van der Waals surface area contributed by atoms with E-state index in [1.54, 1.807) is 6.07 Å². The summed E-state index contributed by atoms with van der Waals surface area (Å²) in [5.74, 6) is -0.152. The minimum absolute atomic E-state index is 0.0419. The first-order valence-electron chi connectivity index (χ1n) is 6.29. The Bertz CT molecular complexity index is 376. The van der Waals surface area contributed by atoms with Crippen LogP contribution in [-0.2, 0) is 0 Å².